The van der Waals surface area contributed by atoms with E-state index in [2.05, 4.69) is 0 Å². The van der Waals surface area contributed by atoms with Crippen molar-refractivity contribution >= 4 is 21.7 Å². The molecule has 1 aromatic rings. The molecule has 1 heterocycles. The highest BCUT2D eigenvalue weighted by atomic mass is 32.2. The van der Waals surface area contributed by atoms with E-state index in [-0.39, 0.29) is 18.5 Å². The van der Waals surface area contributed by atoms with Crippen LogP contribution in [-0.2, 0) is 14.8 Å². The van der Waals surface area contributed by atoms with Crippen LogP contribution in [0.5, 0.6) is 0 Å². The summed E-state index contributed by atoms with van der Waals surface area (Å²) < 4.78 is 26.5. The summed E-state index contributed by atoms with van der Waals surface area (Å²) in [7, 11) is -4.25. The number of carbonyl (C=O) groups is 1. The molecule has 1 fully saturated rings. The molecule has 1 aliphatic heterocycles. The van der Waals surface area contributed by atoms with Crippen molar-refractivity contribution in [2.45, 2.75) is 37.1 Å². The maximum absolute atomic E-state index is 12.8. The maximum atomic E-state index is 12.8. The molecule has 8 nitrogen and oxygen atoms in total. The van der Waals surface area contributed by atoms with Gasteiger partial charge in [-0.3, -0.25) is 14.9 Å². The number of carboxylic acids is 1. The van der Waals surface area contributed by atoms with E-state index >= 15 is 0 Å². The molecule has 1 N–H and O–H groups in total. The summed E-state index contributed by atoms with van der Waals surface area (Å²) in [4.78, 5) is 21.2. The molecule has 22 heavy (non-hydrogen) atoms. The zero-order chi connectivity index (χ0) is 16.5. The van der Waals surface area contributed by atoms with Crippen molar-refractivity contribution < 1.29 is 23.2 Å². The first-order valence-electron chi connectivity index (χ1n) is 6.75. The largest absolute Gasteiger partial charge is 0.480 e. The molecule has 0 aromatic heterocycles. The zero-order valence-corrected chi connectivity index (χ0v) is 12.7. The summed E-state index contributed by atoms with van der Waals surface area (Å²) in [5.41, 5.74) is -0.307. The van der Waals surface area contributed by atoms with Crippen LogP contribution in [0.25, 0.3) is 0 Å². The lowest BCUT2D eigenvalue weighted by atomic mass is 10.1. The second-order valence-electron chi connectivity index (χ2n) is 5.15. The number of benzene rings is 1. The number of carboxylic acid groups (broad SMARTS) is 1. The first-order chi connectivity index (χ1) is 10.3. The van der Waals surface area contributed by atoms with Crippen LogP contribution < -0.4 is 0 Å². The van der Waals surface area contributed by atoms with Crippen molar-refractivity contribution in [1.29, 1.82) is 0 Å². The van der Waals surface area contributed by atoms with Crippen molar-refractivity contribution in [3.05, 3.63) is 33.9 Å². The SMILES string of the molecule is Cc1cccc([N+](=O)[O-])c1S(=O)(=O)N1CCCCC1C(=O)O. The predicted molar refractivity (Wildman–Crippen MR) is 77.0 cm³/mol. The smallest absolute Gasteiger partial charge is 0.322 e. The van der Waals surface area contributed by atoms with Gasteiger partial charge in [-0.05, 0) is 31.7 Å². The molecule has 1 aliphatic rings. The molecule has 0 amide bonds. The Morgan fingerprint density at radius 2 is 2.09 bits per heavy atom. The number of aliphatic carboxylic acids is 1. The lowest BCUT2D eigenvalue weighted by Gasteiger charge is -2.32. The fraction of sp³-hybridized carbons (Fsp3) is 0.462. The minimum absolute atomic E-state index is 0.0464. The van der Waals surface area contributed by atoms with Crippen molar-refractivity contribution in [1.82, 2.24) is 4.31 Å². The molecular formula is C13H16N2O6S. The van der Waals surface area contributed by atoms with Gasteiger partial charge >= 0.3 is 5.97 Å². The highest BCUT2D eigenvalue weighted by Crippen LogP contribution is 2.33. The van der Waals surface area contributed by atoms with E-state index in [9.17, 15) is 28.4 Å². The van der Waals surface area contributed by atoms with E-state index in [1.807, 2.05) is 0 Å². The van der Waals surface area contributed by atoms with Crippen molar-refractivity contribution in [3.63, 3.8) is 0 Å². The third-order valence-corrected chi connectivity index (χ3v) is 5.79. The lowest BCUT2D eigenvalue weighted by molar-refractivity contribution is -0.388. The predicted octanol–water partition coefficient (Wildman–Crippen LogP) is 1.53. The second kappa shape index (κ2) is 6.01. The van der Waals surface area contributed by atoms with Gasteiger partial charge in [0.2, 0.25) is 0 Å². The normalized spacial score (nSPS) is 19.8. The van der Waals surface area contributed by atoms with E-state index in [1.54, 1.807) is 0 Å². The Labute approximate surface area is 127 Å². The molecule has 1 atom stereocenters. The van der Waals surface area contributed by atoms with Crippen LogP contribution in [0.1, 0.15) is 24.8 Å². The first kappa shape index (κ1) is 16.4. The Morgan fingerprint density at radius 1 is 1.41 bits per heavy atom. The van der Waals surface area contributed by atoms with Gasteiger partial charge in [-0.25, -0.2) is 8.42 Å². The van der Waals surface area contributed by atoms with Crippen LogP contribution in [0.4, 0.5) is 5.69 Å². The summed E-state index contributed by atoms with van der Waals surface area (Å²) in [6.07, 6.45) is 1.34. The highest BCUT2D eigenvalue weighted by molar-refractivity contribution is 7.89. The molecule has 0 saturated carbocycles. The monoisotopic (exact) mass is 328 g/mol. The van der Waals surface area contributed by atoms with Gasteiger partial charge in [0, 0.05) is 12.6 Å². The van der Waals surface area contributed by atoms with Crippen LogP contribution in [0.2, 0.25) is 0 Å². The molecule has 1 unspecified atom stereocenters. The minimum Gasteiger partial charge on any atom is -0.480 e. The Balaban J connectivity index is 2.60. The fourth-order valence-corrected chi connectivity index (χ4v) is 4.69. The number of nitro groups is 1. The van der Waals surface area contributed by atoms with Gasteiger partial charge < -0.3 is 5.11 Å². The summed E-state index contributed by atoms with van der Waals surface area (Å²) >= 11 is 0. The number of sulfonamides is 1. The van der Waals surface area contributed by atoms with Crippen LogP contribution >= 0.6 is 0 Å². The molecule has 1 aromatic carbocycles. The number of rotatable bonds is 4. The molecule has 1 saturated heterocycles. The summed E-state index contributed by atoms with van der Waals surface area (Å²) in [6.45, 7) is 1.50. The lowest BCUT2D eigenvalue weighted by Crippen LogP contribution is -2.48. The molecule has 0 bridgehead atoms. The molecule has 0 spiro atoms. The fourth-order valence-electron chi connectivity index (χ4n) is 2.67. The third kappa shape index (κ3) is 2.81. The minimum atomic E-state index is -4.25. The first-order valence-corrected chi connectivity index (χ1v) is 8.19. The van der Waals surface area contributed by atoms with Gasteiger partial charge in [-0.2, -0.15) is 4.31 Å². The van der Waals surface area contributed by atoms with Crippen LogP contribution in [0.3, 0.4) is 0 Å². The average molecular weight is 328 g/mol. The molecular weight excluding hydrogens is 312 g/mol. The molecule has 0 aliphatic carbocycles. The average Bonchev–Trinajstić information content (AvgIpc) is 2.46. The number of nitro benzene ring substituents is 1. The van der Waals surface area contributed by atoms with E-state index in [4.69, 9.17) is 0 Å². The number of aryl methyl sites for hydroxylation is 1. The highest BCUT2D eigenvalue weighted by Gasteiger charge is 2.41. The molecule has 9 heteroatoms. The Bertz CT molecular complexity index is 715. The number of hydrogen-bond acceptors (Lipinski definition) is 5. The molecule has 120 valence electrons. The van der Waals surface area contributed by atoms with Crippen LogP contribution in [-0.4, -0.2) is 41.3 Å². The Morgan fingerprint density at radius 3 is 2.68 bits per heavy atom. The van der Waals surface area contributed by atoms with Crippen molar-refractivity contribution in [2.24, 2.45) is 0 Å². The van der Waals surface area contributed by atoms with E-state index < -0.39 is 37.5 Å². The molecule has 0 radical (unpaired) electrons. The molecule has 2 rings (SSSR count). The van der Waals surface area contributed by atoms with Gasteiger partial charge in [0.25, 0.3) is 15.7 Å². The van der Waals surface area contributed by atoms with Gasteiger partial charge in [0.05, 0.1) is 4.92 Å². The summed E-state index contributed by atoms with van der Waals surface area (Å²) in [5, 5.41) is 20.4. The maximum Gasteiger partial charge on any atom is 0.322 e. The Hall–Kier alpha value is -2.00. The van der Waals surface area contributed by atoms with Crippen LogP contribution in [0, 0.1) is 17.0 Å². The summed E-state index contributed by atoms with van der Waals surface area (Å²) in [6, 6.07) is 2.79. The number of piperidine rings is 1. The van der Waals surface area contributed by atoms with Gasteiger partial charge in [0.15, 0.2) is 4.90 Å². The van der Waals surface area contributed by atoms with E-state index in [0.717, 1.165) is 10.4 Å². The van der Waals surface area contributed by atoms with E-state index in [0.29, 0.717) is 12.8 Å². The number of nitrogens with zero attached hydrogens (tertiary/aromatic N) is 2. The van der Waals surface area contributed by atoms with Gasteiger partial charge in [-0.1, -0.05) is 12.1 Å². The van der Waals surface area contributed by atoms with Crippen molar-refractivity contribution in [3.8, 4) is 0 Å². The van der Waals surface area contributed by atoms with Gasteiger partial charge in [0.1, 0.15) is 6.04 Å². The standard InChI is InChI=1S/C13H16N2O6S/c1-9-5-4-7-10(15(18)19)12(9)22(20,21)14-8-3-2-6-11(14)13(16)17/h4-5,7,11H,2-3,6,8H2,1H3,(H,16,17). The van der Waals surface area contributed by atoms with Crippen LogP contribution in [0.15, 0.2) is 23.1 Å². The third-order valence-electron chi connectivity index (χ3n) is 3.69. The second-order valence-corrected chi connectivity index (χ2v) is 6.97. The van der Waals surface area contributed by atoms with Crippen molar-refractivity contribution in [2.75, 3.05) is 6.54 Å². The Kier molecular flexibility index (Phi) is 4.47. The van der Waals surface area contributed by atoms with Gasteiger partial charge in [-0.15, -0.1) is 0 Å². The zero-order valence-electron chi connectivity index (χ0n) is 11.9. The van der Waals surface area contributed by atoms with E-state index in [1.165, 1.54) is 19.1 Å². The summed E-state index contributed by atoms with van der Waals surface area (Å²) in [5.74, 6) is -1.24. The topological polar surface area (TPSA) is 118 Å². The quantitative estimate of drug-likeness (QED) is 0.661. The number of hydrogen-bond donors (Lipinski definition) is 1.